The van der Waals surface area contributed by atoms with Gasteiger partial charge in [-0.05, 0) is 73.1 Å². The summed E-state index contributed by atoms with van der Waals surface area (Å²) in [5, 5.41) is 11.0. The third-order valence-corrected chi connectivity index (χ3v) is 8.71. The third-order valence-electron chi connectivity index (χ3n) is 6.79. The molecule has 0 saturated carbocycles. The first-order valence-corrected chi connectivity index (χ1v) is 12.4. The van der Waals surface area contributed by atoms with E-state index in [1.807, 2.05) is 18.2 Å². The molecule has 0 aromatic heterocycles. The number of ether oxygens (including phenoxy) is 2. The van der Waals surface area contributed by atoms with Crippen LogP contribution in [0.1, 0.15) is 36.8 Å². The van der Waals surface area contributed by atoms with E-state index in [9.17, 15) is 18.5 Å². The van der Waals surface area contributed by atoms with Crippen molar-refractivity contribution in [2.24, 2.45) is 0 Å². The lowest BCUT2D eigenvalue weighted by Crippen LogP contribution is -2.40. The van der Waals surface area contributed by atoms with Gasteiger partial charge in [0.1, 0.15) is 5.75 Å². The Hall–Kier alpha value is -2.75. The first kappa shape index (κ1) is 23.4. The van der Waals surface area contributed by atoms with Gasteiger partial charge in [-0.2, -0.15) is 4.31 Å². The van der Waals surface area contributed by atoms with Crippen LogP contribution in [0.3, 0.4) is 0 Å². The number of nitrogens with zero attached hydrogens (tertiary/aromatic N) is 2. The Labute approximate surface area is 194 Å². The minimum absolute atomic E-state index is 0.0468. The Morgan fingerprint density at radius 2 is 1.79 bits per heavy atom. The fourth-order valence-electron chi connectivity index (χ4n) is 4.67. The standard InChI is InChI=1S/C24H28N2O6S/c1-31-21-5-8-23-18-9-12-24(32-2,13-10-18)14-16-25(15-11-19(23)17-21)33(29,30)22-6-3-20(4-7-22)26(27)28/h3-9,17H,10-16H2,1-2H3. The molecule has 2 aromatic rings. The smallest absolute Gasteiger partial charge is 0.269 e. The van der Waals surface area contributed by atoms with Gasteiger partial charge in [0.25, 0.3) is 5.69 Å². The monoisotopic (exact) mass is 472 g/mol. The minimum atomic E-state index is -3.85. The number of sulfonamides is 1. The number of nitro benzene ring substituents is 1. The normalized spacial score (nSPS) is 21.6. The van der Waals surface area contributed by atoms with E-state index in [1.54, 1.807) is 14.2 Å². The summed E-state index contributed by atoms with van der Waals surface area (Å²) in [5.41, 5.74) is 2.86. The zero-order chi connectivity index (χ0) is 23.6. The van der Waals surface area contributed by atoms with Gasteiger partial charge in [0.05, 0.1) is 22.5 Å². The molecule has 0 saturated heterocycles. The highest BCUT2D eigenvalue weighted by atomic mass is 32.2. The van der Waals surface area contributed by atoms with Crippen LogP contribution in [0.25, 0.3) is 5.57 Å². The van der Waals surface area contributed by atoms with Gasteiger partial charge in [0.15, 0.2) is 0 Å². The van der Waals surface area contributed by atoms with Crippen LogP contribution in [0, 0.1) is 10.1 Å². The molecule has 0 spiro atoms. The van der Waals surface area contributed by atoms with Crippen LogP contribution in [0.2, 0.25) is 0 Å². The first-order chi connectivity index (χ1) is 15.8. The molecule has 33 heavy (non-hydrogen) atoms. The van der Waals surface area contributed by atoms with Gasteiger partial charge in [-0.15, -0.1) is 0 Å². The molecule has 0 N–H and O–H groups in total. The number of nitro groups is 1. The fourth-order valence-corrected chi connectivity index (χ4v) is 6.11. The summed E-state index contributed by atoms with van der Waals surface area (Å²) in [7, 11) is -0.545. The number of non-ortho nitro benzene ring substituents is 1. The molecule has 1 atom stereocenters. The van der Waals surface area contributed by atoms with Gasteiger partial charge in [0.2, 0.25) is 10.0 Å². The van der Waals surface area contributed by atoms with Crippen LogP contribution in [0.5, 0.6) is 5.75 Å². The molecule has 0 fully saturated rings. The van der Waals surface area contributed by atoms with Crippen molar-refractivity contribution in [1.29, 1.82) is 0 Å². The Kier molecular flexibility index (Phi) is 6.56. The highest BCUT2D eigenvalue weighted by Crippen LogP contribution is 2.40. The molecular weight excluding hydrogens is 444 g/mol. The van der Waals surface area contributed by atoms with Gasteiger partial charge in [-0.3, -0.25) is 10.1 Å². The summed E-state index contributed by atoms with van der Waals surface area (Å²) in [6, 6.07) is 11.0. The largest absolute Gasteiger partial charge is 0.497 e. The Morgan fingerprint density at radius 1 is 1.03 bits per heavy atom. The Balaban J connectivity index is 1.72. The van der Waals surface area contributed by atoms with Crippen molar-refractivity contribution in [1.82, 2.24) is 4.31 Å². The highest BCUT2D eigenvalue weighted by molar-refractivity contribution is 7.89. The molecular formula is C24H28N2O6S. The predicted molar refractivity (Wildman–Crippen MR) is 125 cm³/mol. The van der Waals surface area contributed by atoms with E-state index in [4.69, 9.17) is 9.47 Å². The molecule has 8 nitrogen and oxygen atoms in total. The second-order valence-electron chi connectivity index (χ2n) is 8.50. The number of hydrogen-bond acceptors (Lipinski definition) is 6. The third kappa shape index (κ3) is 4.66. The van der Waals surface area contributed by atoms with E-state index in [1.165, 1.54) is 34.1 Å². The van der Waals surface area contributed by atoms with Gasteiger partial charge in [-0.1, -0.05) is 12.1 Å². The van der Waals surface area contributed by atoms with E-state index >= 15 is 0 Å². The Morgan fingerprint density at radius 3 is 2.39 bits per heavy atom. The highest BCUT2D eigenvalue weighted by Gasteiger charge is 2.36. The maximum Gasteiger partial charge on any atom is 0.269 e. The quantitative estimate of drug-likeness (QED) is 0.478. The predicted octanol–water partition coefficient (Wildman–Crippen LogP) is 4.19. The zero-order valence-corrected chi connectivity index (χ0v) is 19.6. The summed E-state index contributed by atoms with van der Waals surface area (Å²) in [4.78, 5) is 10.5. The van der Waals surface area contributed by atoms with Crippen LogP contribution in [-0.2, 0) is 21.2 Å². The van der Waals surface area contributed by atoms with Crippen molar-refractivity contribution in [2.75, 3.05) is 27.3 Å². The van der Waals surface area contributed by atoms with Crippen molar-refractivity contribution in [3.63, 3.8) is 0 Å². The number of benzene rings is 2. The molecule has 0 radical (unpaired) electrons. The molecule has 1 aliphatic carbocycles. The molecule has 2 aromatic carbocycles. The van der Waals surface area contributed by atoms with Crippen molar-refractivity contribution >= 4 is 21.3 Å². The SMILES string of the molecule is COc1ccc2c(c1)CCN(S(=O)(=O)c1ccc([N+](=O)[O-])cc1)CCC1(OC)CC=C2CC1. The summed E-state index contributed by atoms with van der Waals surface area (Å²) >= 11 is 0. The molecule has 5 rings (SSSR count). The molecule has 176 valence electrons. The number of rotatable bonds is 5. The maximum atomic E-state index is 13.5. The molecule has 2 heterocycles. The minimum Gasteiger partial charge on any atom is -0.497 e. The number of methoxy groups -OCH3 is 2. The van der Waals surface area contributed by atoms with Gasteiger partial charge >= 0.3 is 0 Å². The van der Waals surface area contributed by atoms with Gasteiger partial charge in [0, 0.05) is 32.3 Å². The lowest BCUT2D eigenvalue weighted by Gasteiger charge is -2.36. The summed E-state index contributed by atoms with van der Waals surface area (Å²) < 4.78 is 39.9. The van der Waals surface area contributed by atoms with E-state index in [0.29, 0.717) is 19.4 Å². The topological polar surface area (TPSA) is 99.0 Å². The average Bonchev–Trinajstić information content (AvgIpc) is 2.88. The summed E-state index contributed by atoms with van der Waals surface area (Å²) in [6.07, 6.45) is 5.71. The fraction of sp³-hybridized carbons (Fsp3) is 0.417. The molecule has 9 heteroatoms. The van der Waals surface area contributed by atoms with E-state index in [2.05, 4.69) is 6.08 Å². The number of hydrogen-bond donors (Lipinski definition) is 0. The number of allylic oxidation sites excluding steroid dienone is 1. The summed E-state index contributed by atoms with van der Waals surface area (Å²) in [6.45, 7) is 0.586. The average molecular weight is 473 g/mol. The van der Waals surface area contributed by atoms with Crippen LogP contribution in [0.15, 0.2) is 53.4 Å². The van der Waals surface area contributed by atoms with Crippen molar-refractivity contribution in [3.8, 4) is 5.75 Å². The van der Waals surface area contributed by atoms with Crippen LogP contribution < -0.4 is 4.74 Å². The van der Waals surface area contributed by atoms with Crippen LogP contribution in [0.4, 0.5) is 5.69 Å². The van der Waals surface area contributed by atoms with Gasteiger partial charge in [-0.25, -0.2) is 8.42 Å². The van der Waals surface area contributed by atoms with E-state index < -0.39 is 20.5 Å². The molecule has 2 bridgehead atoms. The number of fused-ring (bicyclic) bond motifs is 6. The first-order valence-electron chi connectivity index (χ1n) is 10.9. The molecule has 3 aliphatic rings. The molecule has 0 amide bonds. The summed E-state index contributed by atoms with van der Waals surface area (Å²) in [5.74, 6) is 0.732. The van der Waals surface area contributed by atoms with Crippen LogP contribution >= 0.6 is 0 Å². The second kappa shape index (κ2) is 9.24. The van der Waals surface area contributed by atoms with E-state index in [-0.39, 0.29) is 17.1 Å². The Bertz CT molecular complexity index is 1180. The zero-order valence-electron chi connectivity index (χ0n) is 18.8. The van der Waals surface area contributed by atoms with Crippen molar-refractivity contribution in [2.45, 2.75) is 42.6 Å². The van der Waals surface area contributed by atoms with Crippen molar-refractivity contribution < 1.29 is 22.8 Å². The lowest BCUT2D eigenvalue weighted by molar-refractivity contribution is -0.384. The molecule has 2 aliphatic heterocycles. The second-order valence-corrected chi connectivity index (χ2v) is 10.4. The van der Waals surface area contributed by atoms with Crippen LogP contribution in [-0.4, -0.2) is 50.6 Å². The maximum absolute atomic E-state index is 13.5. The van der Waals surface area contributed by atoms with Gasteiger partial charge < -0.3 is 9.47 Å². The van der Waals surface area contributed by atoms with Crippen molar-refractivity contribution in [3.05, 3.63) is 69.8 Å². The lowest BCUT2D eigenvalue weighted by atomic mass is 9.80. The molecule has 1 unspecified atom stereocenters. The van der Waals surface area contributed by atoms with E-state index in [0.717, 1.165) is 36.1 Å².